The summed E-state index contributed by atoms with van der Waals surface area (Å²) >= 11 is 0. The quantitative estimate of drug-likeness (QED) is 0.0222. The molecular formula is C59H114O17P2. The first-order valence-corrected chi connectivity index (χ1v) is 34.2. The number of hydrogen-bond donors (Lipinski definition) is 3. The summed E-state index contributed by atoms with van der Waals surface area (Å²) < 4.78 is 67.3. The average molecular weight is 1160 g/mol. The molecule has 17 nitrogen and oxygen atoms in total. The minimum absolute atomic E-state index is 0.0988. The Hall–Kier alpha value is -1.94. The van der Waals surface area contributed by atoms with E-state index in [1.807, 2.05) is 0 Å². The third-order valence-corrected chi connectivity index (χ3v) is 15.8. The van der Waals surface area contributed by atoms with Gasteiger partial charge in [0.2, 0.25) is 0 Å². The maximum absolute atomic E-state index is 12.9. The Bertz CT molecular complexity index is 1540. The molecule has 0 fully saturated rings. The van der Waals surface area contributed by atoms with Gasteiger partial charge in [-0.05, 0) is 31.6 Å². The predicted octanol–water partition coefficient (Wildman–Crippen LogP) is 15.8. The molecule has 78 heavy (non-hydrogen) atoms. The van der Waals surface area contributed by atoms with Gasteiger partial charge in [-0.2, -0.15) is 0 Å². The average Bonchev–Trinajstić information content (AvgIpc) is 3.41. The van der Waals surface area contributed by atoms with E-state index in [4.69, 9.17) is 37.0 Å². The summed E-state index contributed by atoms with van der Waals surface area (Å²) in [6, 6.07) is 0. The summed E-state index contributed by atoms with van der Waals surface area (Å²) in [4.78, 5) is 71.4. The first-order chi connectivity index (χ1) is 37.6. The van der Waals surface area contributed by atoms with Crippen molar-refractivity contribution < 1.29 is 80.2 Å². The molecule has 0 aromatic rings. The summed E-state index contributed by atoms with van der Waals surface area (Å²) in [5, 5.41) is 10.5. The fourth-order valence-corrected chi connectivity index (χ4v) is 10.2. The smallest absolute Gasteiger partial charge is 0.462 e. The van der Waals surface area contributed by atoms with Crippen LogP contribution < -0.4 is 0 Å². The van der Waals surface area contributed by atoms with Crippen LogP contribution >= 0.6 is 15.6 Å². The molecule has 462 valence electrons. The number of aliphatic hydroxyl groups excluding tert-OH is 1. The number of aliphatic hydroxyl groups is 1. The molecule has 0 spiro atoms. The lowest BCUT2D eigenvalue weighted by Crippen LogP contribution is -2.30. The third kappa shape index (κ3) is 52.2. The fraction of sp³-hybridized carbons (Fsp3) is 0.932. The summed E-state index contributed by atoms with van der Waals surface area (Å²) in [5.74, 6) is -1.32. The number of unbranched alkanes of at least 4 members (excludes halogenated alkanes) is 30. The number of carbonyl (C=O) groups excluding carboxylic acids is 4. The van der Waals surface area contributed by atoms with Gasteiger partial charge in [-0.15, -0.1) is 0 Å². The summed E-state index contributed by atoms with van der Waals surface area (Å²) in [6.07, 6.45) is 35.6. The lowest BCUT2D eigenvalue weighted by atomic mass is 9.99. The van der Waals surface area contributed by atoms with Gasteiger partial charge in [0.05, 0.1) is 26.4 Å². The molecule has 0 aromatic carbocycles. The number of rotatable bonds is 59. The molecule has 0 aliphatic carbocycles. The van der Waals surface area contributed by atoms with E-state index < -0.39 is 97.5 Å². The molecule has 3 unspecified atom stereocenters. The second-order valence-electron chi connectivity index (χ2n) is 21.6. The van der Waals surface area contributed by atoms with Gasteiger partial charge in [0.1, 0.15) is 19.3 Å². The normalized spacial score (nSPS) is 14.7. The van der Waals surface area contributed by atoms with Gasteiger partial charge in [0.15, 0.2) is 12.2 Å². The van der Waals surface area contributed by atoms with E-state index in [0.717, 1.165) is 102 Å². The van der Waals surface area contributed by atoms with Crippen molar-refractivity contribution in [3.63, 3.8) is 0 Å². The molecule has 0 rings (SSSR count). The molecule has 0 heterocycles. The standard InChI is InChI=1S/C59H114O17P2/c1-6-10-13-16-17-18-26-29-34-38-43-57(62)70-49-55(76-59(64)45-40-35-30-27-24-22-20-19-21-23-25-28-33-36-41-52(5)9-4)51-74-78(67,68)72-47-53(60)46-71-77(65,66)73-50-54(75-58(63)44-39-32-15-12-8-3)48-69-56(61)42-37-31-14-11-7-2/h52-55,60H,6-51H2,1-5H3,(H,65,66)(H,67,68)/t52?,53-,54+,55+/m0/s1. The Labute approximate surface area is 473 Å². The van der Waals surface area contributed by atoms with E-state index in [0.29, 0.717) is 25.7 Å². The van der Waals surface area contributed by atoms with E-state index in [-0.39, 0.29) is 25.7 Å². The zero-order valence-corrected chi connectivity index (χ0v) is 51.6. The van der Waals surface area contributed by atoms with E-state index in [9.17, 15) is 43.2 Å². The van der Waals surface area contributed by atoms with Crippen LogP contribution in [0.3, 0.4) is 0 Å². The van der Waals surface area contributed by atoms with E-state index >= 15 is 0 Å². The van der Waals surface area contributed by atoms with Crippen LogP contribution in [0.4, 0.5) is 0 Å². The molecule has 0 aliphatic heterocycles. The van der Waals surface area contributed by atoms with Crippen molar-refractivity contribution in [3.8, 4) is 0 Å². The van der Waals surface area contributed by atoms with Gasteiger partial charge in [-0.1, -0.05) is 240 Å². The highest BCUT2D eigenvalue weighted by Gasteiger charge is 2.30. The Morgan fingerprint density at radius 3 is 0.910 bits per heavy atom. The second-order valence-corrected chi connectivity index (χ2v) is 24.5. The molecule has 0 radical (unpaired) electrons. The molecule has 0 saturated heterocycles. The minimum atomic E-state index is -4.93. The maximum atomic E-state index is 12.9. The van der Waals surface area contributed by atoms with Gasteiger partial charge < -0.3 is 33.8 Å². The fourth-order valence-electron chi connectivity index (χ4n) is 8.67. The van der Waals surface area contributed by atoms with Crippen LogP contribution in [0.5, 0.6) is 0 Å². The van der Waals surface area contributed by atoms with Crippen molar-refractivity contribution in [2.45, 2.75) is 310 Å². The zero-order valence-electron chi connectivity index (χ0n) is 49.8. The van der Waals surface area contributed by atoms with Crippen LogP contribution in [-0.2, 0) is 65.4 Å². The Morgan fingerprint density at radius 2 is 0.615 bits per heavy atom. The monoisotopic (exact) mass is 1160 g/mol. The molecule has 0 bridgehead atoms. The van der Waals surface area contributed by atoms with Gasteiger partial charge >= 0.3 is 39.5 Å². The van der Waals surface area contributed by atoms with Crippen LogP contribution in [0, 0.1) is 5.92 Å². The SMILES string of the molecule is CCCCCCCCCCCCC(=O)OC[C@H](COP(=O)(O)OC[C@@H](O)COP(=O)(O)OC[C@@H](COC(=O)CCCCCCC)OC(=O)CCCCCCC)OC(=O)CCCCCCCCCCCCCCCCC(C)CC. The zero-order chi connectivity index (χ0) is 57.8. The van der Waals surface area contributed by atoms with Crippen molar-refractivity contribution >= 4 is 39.5 Å². The molecule has 0 amide bonds. The highest BCUT2D eigenvalue weighted by molar-refractivity contribution is 7.47. The number of hydrogen-bond acceptors (Lipinski definition) is 15. The van der Waals surface area contributed by atoms with E-state index in [1.54, 1.807) is 0 Å². The number of phosphoric ester groups is 2. The topological polar surface area (TPSA) is 237 Å². The van der Waals surface area contributed by atoms with Crippen molar-refractivity contribution in [3.05, 3.63) is 0 Å². The van der Waals surface area contributed by atoms with Crippen LogP contribution in [0.25, 0.3) is 0 Å². The minimum Gasteiger partial charge on any atom is -0.462 e. The highest BCUT2D eigenvalue weighted by atomic mass is 31.2. The highest BCUT2D eigenvalue weighted by Crippen LogP contribution is 2.45. The first kappa shape index (κ1) is 76.1. The van der Waals surface area contributed by atoms with Crippen LogP contribution in [0.2, 0.25) is 0 Å². The van der Waals surface area contributed by atoms with Crippen LogP contribution in [0.15, 0.2) is 0 Å². The van der Waals surface area contributed by atoms with Crippen molar-refractivity contribution in [1.82, 2.24) is 0 Å². The molecule has 3 N–H and O–H groups in total. The largest absolute Gasteiger partial charge is 0.472 e. The maximum Gasteiger partial charge on any atom is 0.472 e. The van der Waals surface area contributed by atoms with Gasteiger partial charge in [0.25, 0.3) is 0 Å². The Balaban J connectivity index is 5.08. The van der Waals surface area contributed by atoms with Crippen molar-refractivity contribution in [2.24, 2.45) is 5.92 Å². The number of ether oxygens (including phenoxy) is 4. The summed E-state index contributed by atoms with van der Waals surface area (Å²) in [6.45, 7) is 7.02. The Morgan fingerprint density at radius 1 is 0.359 bits per heavy atom. The van der Waals surface area contributed by atoms with Gasteiger partial charge in [0, 0.05) is 25.7 Å². The molecule has 0 aliphatic rings. The summed E-state index contributed by atoms with van der Waals surface area (Å²) in [5.41, 5.74) is 0. The van der Waals surface area contributed by atoms with Crippen LogP contribution in [0.1, 0.15) is 291 Å². The Kier molecular flexibility index (Phi) is 51.8. The molecule has 6 atom stereocenters. The predicted molar refractivity (Wildman–Crippen MR) is 308 cm³/mol. The van der Waals surface area contributed by atoms with E-state index in [1.165, 1.54) is 109 Å². The van der Waals surface area contributed by atoms with Crippen LogP contribution in [-0.4, -0.2) is 96.7 Å². The first-order valence-electron chi connectivity index (χ1n) is 31.2. The van der Waals surface area contributed by atoms with Crippen molar-refractivity contribution in [2.75, 3.05) is 39.6 Å². The molecular weight excluding hydrogens is 1040 g/mol. The third-order valence-electron chi connectivity index (χ3n) is 13.9. The summed E-state index contributed by atoms with van der Waals surface area (Å²) in [7, 11) is -9.85. The van der Waals surface area contributed by atoms with Gasteiger partial charge in [-0.25, -0.2) is 9.13 Å². The molecule has 0 saturated carbocycles. The van der Waals surface area contributed by atoms with Gasteiger partial charge in [-0.3, -0.25) is 37.3 Å². The number of phosphoric acid groups is 2. The number of esters is 4. The number of carbonyl (C=O) groups is 4. The second kappa shape index (κ2) is 53.1. The molecule has 19 heteroatoms. The van der Waals surface area contributed by atoms with E-state index in [2.05, 4.69) is 34.6 Å². The molecule has 0 aromatic heterocycles. The van der Waals surface area contributed by atoms with Crippen molar-refractivity contribution in [1.29, 1.82) is 0 Å². The lowest BCUT2D eigenvalue weighted by Gasteiger charge is -2.21. The lowest BCUT2D eigenvalue weighted by molar-refractivity contribution is -0.161.